The van der Waals surface area contributed by atoms with Crippen molar-refractivity contribution < 1.29 is 14.8 Å². The maximum absolute atomic E-state index is 12.1. The second kappa shape index (κ2) is 7.17. The Morgan fingerprint density at radius 1 is 1.43 bits per heavy atom. The molecule has 0 aliphatic heterocycles. The molecule has 0 aliphatic carbocycles. The molecule has 0 bridgehead atoms. The number of hydrogen-bond donors (Lipinski definition) is 2. The highest BCUT2D eigenvalue weighted by atomic mass is 16.6. The zero-order chi connectivity index (χ0) is 16.0. The molecule has 0 saturated heterocycles. The largest absolute Gasteiger partial charge is 0.388 e. The Hall–Kier alpha value is -1.95. The zero-order valence-corrected chi connectivity index (χ0v) is 12.6. The van der Waals surface area contributed by atoms with Gasteiger partial charge in [0.05, 0.1) is 16.4 Å². The summed E-state index contributed by atoms with van der Waals surface area (Å²) in [7, 11) is 0. The van der Waals surface area contributed by atoms with Gasteiger partial charge in [-0.1, -0.05) is 26.0 Å². The average Bonchev–Trinajstić information content (AvgIpc) is 2.51. The minimum Gasteiger partial charge on any atom is -0.388 e. The van der Waals surface area contributed by atoms with Gasteiger partial charge in [-0.25, -0.2) is 0 Å². The molecule has 0 heterocycles. The Bertz CT molecular complexity index is 512. The molecule has 1 aromatic rings. The van der Waals surface area contributed by atoms with E-state index < -0.39 is 16.4 Å². The Balaban J connectivity index is 2.74. The standard InChI is InChI=1S/C15H22N2O4/c1-4-15(19,5-2)10-16-14(18)11(3)12-7-6-8-13(9-12)17(20)21/h6-9,11,19H,4-5,10H2,1-3H3,(H,16,18). The first-order chi connectivity index (χ1) is 9.83. The van der Waals surface area contributed by atoms with E-state index in [1.54, 1.807) is 19.1 Å². The number of carbonyl (C=O) groups is 1. The number of nitrogens with zero attached hydrogens (tertiary/aromatic N) is 1. The molecule has 0 saturated carbocycles. The normalized spacial score (nSPS) is 12.8. The number of non-ortho nitro benzene ring substituents is 1. The number of amides is 1. The van der Waals surface area contributed by atoms with Gasteiger partial charge >= 0.3 is 0 Å². The molecular formula is C15H22N2O4. The highest BCUT2D eigenvalue weighted by Crippen LogP contribution is 2.21. The van der Waals surface area contributed by atoms with Crippen LogP contribution >= 0.6 is 0 Å². The third kappa shape index (κ3) is 4.53. The molecule has 6 nitrogen and oxygen atoms in total. The number of nitro benzene ring substituents is 1. The van der Waals surface area contributed by atoms with Gasteiger partial charge in [-0.15, -0.1) is 0 Å². The lowest BCUT2D eigenvalue weighted by molar-refractivity contribution is -0.384. The summed E-state index contributed by atoms with van der Waals surface area (Å²) >= 11 is 0. The van der Waals surface area contributed by atoms with Gasteiger partial charge in [0.1, 0.15) is 0 Å². The quantitative estimate of drug-likeness (QED) is 0.596. The predicted molar refractivity (Wildman–Crippen MR) is 80.1 cm³/mol. The van der Waals surface area contributed by atoms with Crippen LogP contribution in [0.1, 0.15) is 45.1 Å². The molecule has 0 radical (unpaired) electrons. The number of nitrogens with one attached hydrogen (secondary N) is 1. The van der Waals surface area contributed by atoms with Crippen molar-refractivity contribution in [3.63, 3.8) is 0 Å². The van der Waals surface area contributed by atoms with E-state index in [9.17, 15) is 20.0 Å². The molecule has 1 rings (SSSR count). The van der Waals surface area contributed by atoms with Crippen molar-refractivity contribution in [1.29, 1.82) is 0 Å². The fourth-order valence-electron chi connectivity index (χ4n) is 1.96. The fourth-order valence-corrected chi connectivity index (χ4v) is 1.96. The van der Waals surface area contributed by atoms with Crippen molar-refractivity contribution in [3.8, 4) is 0 Å². The van der Waals surface area contributed by atoms with Gasteiger partial charge in [0.2, 0.25) is 5.91 Å². The summed E-state index contributed by atoms with van der Waals surface area (Å²) in [5.74, 6) is -0.765. The highest BCUT2D eigenvalue weighted by Gasteiger charge is 2.25. The molecule has 116 valence electrons. The number of benzene rings is 1. The molecule has 0 fully saturated rings. The summed E-state index contributed by atoms with van der Waals surface area (Å²) in [4.78, 5) is 22.4. The molecule has 1 aromatic carbocycles. The van der Waals surface area contributed by atoms with Crippen LogP contribution < -0.4 is 5.32 Å². The monoisotopic (exact) mass is 294 g/mol. The summed E-state index contributed by atoms with van der Waals surface area (Å²) in [5.41, 5.74) is -0.359. The molecule has 1 atom stereocenters. The summed E-state index contributed by atoms with van der Waals surface area (Å²) in [6.45, 7) is 5.59. The SMILES string of the molecule is CCC(O)(CC)CNC(=O)C(C)c1cccc([N+](=O)[O-])c1. The van der Waals surface area contributed by atoms with E-state index in [1.165, 1.54) is 12.1 Å². The van der Waals surface area contributed by atoms with Gasteiger partial charge in [-0.05, 0) is 25.3 Å². The van der Waals surface area contributed by atoms with Gasteiger partial charge in [-0.3, -0.25) is 14.9 Å². The first kappa shape index (κ1) is 17.1. The third-order valence-corrected chi connectivity index (χ3v) is 3.88. The number of carbonyl (C=O) groups excluding carboxylic acids is 1. The lowest BCUT2D eigenvalue weighted by Crippen LogP contribution is -2.43. The Labute approximate surface area is 124 Å². The zero-order valence-electron chi connectivity index (χ0n) is 12.6. The fraction of sp³-hybridized carbons (Fsp3) is 0.533. The van der Waals surface area contributed by atoms with Crippen LogP contribution in [0.3, 0.4) is 0 Å². The Kier molecular flexibility index (Phi) is 5.84. The lowest BCUT2D eigenvalue weighted by Gasteiger charge is -2.26. The molecule has 0 aliphatic rings. The van der Waals surface area contributed by atoms with Crippen molar-refractivity contribution >= 4 is 11.6 Å². The summed E-state index contributed by atoms with van der Waals surface area (Å²) < 4.78 is 0. The van der Waals surface area contributed by atoms with Crippen molar-refractivity contribution in [3.05, 3.63) is 39.9 Å². The van der Waals surface area contributed by atoms with E-state index in [0.717, 1.165) is 0 Å². The van der Waals surface area contributed by atoms with Gasteiger partial charge < -0.3 is 10.4 Å². The minimum atomic E-state index is -0.905. The van der Waals surface area contributed by atoms with E-state index >= 15 is 0 Å². The van der Waals surface area contributed by atoms with Crippen LogP contribution in [0.25, 0.3) is 0 Å². The lowest BCUT2D eigenvalue weighted by atomic mass is 9.96. The molecule has 1 unspecified atom stereocenters. The molecule has 1 amide bonds. The van der Waals surface area contributed by atoms with E-state index in [4.69, 9.17) is 0 Å². The van der Waals surface area contributed by atoms with E-state index in [-0.39, 0.29) is 18.1 Å². The van der Waals surface area contributed by atoms with Crippen molar-refractivity contribution in [2.24, 2.45) is 0 Å². The minimum absolute atomic E-state index is 0.0363. The third-order valence-electron chi connectivity index (χ3n) is 3.88. The van der Waals surface area contributed by atoms with Crippen LogP contribution in [0.5, 0.6) is 0 Å². The molecule has 0 aromatic heterocycles. The first-order valence-electron chi connectivity index (χ1n) is 7.07. The molecule has 6 heteroatoms. The van der Waals surface area contributed by atoms with Gasteiger partial charge in [0, 0.05) is 18.7 Å². The topological polar surface area (TPSA) is 92.5 Å². The smallest absolute Gasteiger partial charge is 0.269 e. The first-order valence-corrected chi connectivity index (χ1v) is 7.07. The number of hydrogen-bond acceptors (Lipinski definition) is 4. The van der Waals surface area contributed by atoms with Crippen LogP contribution in [0.15, 0.2) is 24.3 Å². The molecule has 2 N–H and O–H groups in total. The maximum Gasteiger partial charge on any atom is 0.269 e. The van der Waals surface area contributed by atoms with E-state index in [2.05, 4.69) is 5.32 Å². The second-order valence-electron chi connectivity index (χ2n) is 5.22. The van der Waals surface area contributed by atoms with Crippen LogP contribution in [-0.2, 0) is 4.79 Å². The van der Waals surface area contributed by atoms with Crippen LogP contribution in [0, 0.1) is 10.1 Å². The van der Waals surface area contributed by atoms with Crippen LogP contribution in [0.4, 0.5) is 5.69 Å². The summed E-state index contributed by atoms with van der Waals surface area (Å²) in [6.07, 6.45) is 1.10. The van der Waals surface area contributed by atoms with Crippen LogP contribution in [0.2, 0.25) is 0 Å². The average molecular weight is 294 g/mol. The van der Waals surface area contributed by atoms with Crippen molar-refractivity contribution in [1.82, 2.24) is 5.32 Å². The predicted octanol–water partition coefficient (Wildman–Crippen LogP) is 2.37. The maximum atomic E-state index is 12.1. The number of nitro groups is 1. The van der Waals surface area contributed by atoms with E-state index in [0.29, 0.717) is 18.4 Å². The summed E-state index contributed by atoms with van der Waals surface area (Å²) in [5, 5.41) is 23.6. The summed E-state index contributed by atoms with van der Waals surface area (Å²) in [6, 6.07) is 6.03. The molecule has 0 spiro atoms. The van der Waals surface area contributed by atoms with Gasteiger partial charge in [-0.2, -0.15) is 0 Å². The van der Waals surface area contributed by atoms with Gasteiger partial charge in [0.15, 0.2) is 0 Å². The molecular weight excluding hydrogens is 272 g/mol. The highest BCUT2D eigenvalue weighted by molar-refractivity contribution is 5.83. The molecule has 21 heavy (non-hydrogen) atoms. The second-order valence-corrected chi connectivity index (χ2v) is 5.22. The van der Waals surface area contributed by atoms with E-state index in [1.807, 2.05) is 13.8 Å². The Morgan fingerprint density at radius 3 is 2.57 bits per heavy atom. The number of rotatable bonds is 7. The van der Waals surface area contributed by atoms with Gasteiger partial charge in [0.25, 0.3) is 5.69 Å². The van der Waals surface area contributed by atoms with Crippen molar-refractivity contribution in [2.45, 2.75) is 45.1 Å². The Morgan fingerprint density at radius 2 is 2.05 bits per heavy atom. The van der Waals surface area contributed by atoms with Crippen LogP contribution in [-0.4, -0.2) is 28.1 Å². The number of aliphatic hydroxyl groups is 1. The van der Waals surface area contributed by atoms with Crippen molar-refractivity contribution in [2.75, 3.05) is 6.54 Å².